The summed E-state index contributed by atoms with van der Waals surface area (Å²) in [5.41, 5.74) is 9.31. The molecule has 2 N–H and O–H groups in total. The van der Waals surface area contributed by atoms with Gasteiger partial charge in [0, 0.05) is 10.5 Å². The highest BCUT2D eigenvalue weighted by Crippen LogP contribution is 2.25. The lowest BCUT2D eigenvalue weighted by molar-refractivity contribution is 0.623. The van der Waals surface area contributed by atoms with Gasteiger partial charge in [-0.1, -0.05) is 40.2 Å². The molecule has 0 saturated heterocycles. The van der Waals surface area contributed by atoms with Gasteiger partial charge in [-0.15, -0.1) is 0 Å². The highest BCUT2D eigenvalue weighted by Gasteiger charge is 2.11. The summed E-state index contributed by atoms with van der Waals surface area (Å²) in [6, 6.07) is 12.7. The molecule has 0 aliphatic heterocycles. The van der Waals surface area contributed by atoms with Crippen molar-refractivity contribution in [3.05, 3.63) is 69.4 Å². The second-order valence-electron chi connectivity index (χ2n) is 4.40. The SMILES string of the molecule is Cc1cc(F)ccc1CC(N)c1ccccc1Br. The first-order valence-corrected chi connectivity index (χ1v) is 6.62. The maximum absolute atomic E-state index is 13.0. The minimum Gasteiger partial charge on any atom is -0.324 e. The number of benzene rings is 2. The first-order valence-electron chi connectivity index (χ1n) is 5.83. The second-order valence-corrected chi connectivity index (χ2v) is 5.26. The molecule has 2 rings (SSSR count). The van der Waals surface area contributed by atoms with Crippen LogP contribution in [-0.4, -0.2) is 0 Å². The van der Waals surface area contributed by atoms with E-state index in [1.165, 1.54) is 6.07 Å². The minimum absolute atomic E-state index is 0.0928. The summed E-state index contributed by atoms with van der Waals surface area (Å²) < 4.78 is 14.0. The average molecular weight is 308 g/mol. The quantitative estimate of drug-likeness (QED) is 0.906. The van der Waals surface area contributed by atoms with E-state index in [9.17, 15) is 4.39 Å². The summed E-state index contributed by atoms with van der Waals surface area (Å²) in [7, 11) is 0. The third-order valence-corrected chi connectivity index (χ3v) is 3.77. The van der Waals surface area contributed by atoms with Crippen molar-refractivity contribution in [3.63, 3.8) is 0 Å². The number of nitrogens with two attached hydrogens (primary N) is 1. The molecule has 0 saturated carbocycles. The highest BCUT2D eigenvalue weighted by molar-refractivity contribution is 9.10. The molecular formula is C15H15BrFN. The molecule has 1 atom stereocenters. The Bertz CT molecular complexity index is 554. The molecule has 0 aliphatic rings. The zero-order chi connectivity index (χ0) is 13.1. The smallest absolute Gasteiger partial charge is 0.123 e. The van der Waals surface area contributed by atoms with Crippen molar-refractivity contribution in [2.75, 3.05) is 0 Å². The van der Waals surface area contributed by atoms with Gasteiger partial charge in [-0.25, -0.2) is 4.39 Å². The van der Waals surface area contributed by atoms with Crippen LogP contribution in [0, 0.1) is 12.7 Å². The molecule has 1 unspecified atom stereocenters. The second kappa shape index (κ2) is 5.63. The van der Waals surface area contributed by atoms with Crippen LogP contribution in [0.25, 0.3) is 0 Å². The monoisotopic (exact) mass is 307 g/mol. The molecular weight excluding hydrogens is 293 g/mol. The van der Waals surface area contributed by atoms with E-state index < -0.39 is 0 Å². The maximum Gasteiger partial charge on any atom is 0.123 e. The fourth-order valence-corrected chi connectivity index (χ4v) is 2.59. The van der Waals surface area contributed by atoms with Crippen molar-refractivity contribution in [3.8, 4) is 0 Å². The average Bonchev–Trinajstić information content (AvgIpc) is 2.33. The van der Waals surface area contributed by atoms with Gasteiger partial charge in [0.05, 0.1) is 0 Å². The molecule has 2 aromatic carbocycles. The van der Waals surface area contributed by atoms with Crippen LogP contribution in [0.2, 0.25) is 0 Å². The molecule has 1 nitrogen and oxygen atoms in total. The van der Waals surface area contributed by atoms with Gasteiger partial charge in [-0.05, 0) is 48.2 Å². The molecule has 0 fully saturated rings. The Hall–Kier alpha value is -1.19. The number of aryl methyl sites for hydroxylation is 1. The molecule has 0 spiro atoms. The number of hydrogen-bond acceptors (Lipinski definition) is 1. The van der Waals surface area contributed by atoms with Crippen molar-refractivity contribution < 1.29 is 4.39 Å². The Labute approximate surface area is 115 Å². The molecule has 94 valence electrons. The van der Waals surface area contributed by atoms with E-state index in [1.807, 2.05) is 31.2 Å². The first kappa shape index (κ1) is 13.2. The lowest BCUT2D eigenvalue weighted by Gasteiger charge is -2.15. The van der Waals surface area contributed by atoms with Crippen LogP contribution in [0.15, 0.2) is 46.9 Å². The molecule has 0 bridgehead atoms. The molecule has 2 aromatic rings. The Morgan fingerprint density at radius 3 is 2.61 bits per heavy atom. The van der Waals surface area contributed by atoms with Gasteiger partial charge in [-0.3, -0.25) is 0 Å². The van der Waals surface area contributed by atoms with Gasteiger partial charge >= 0.3 is 0 Å². The van der Waals surface area contributed by atoms with Crippen LogP contribution in [-0.2, 0) is 6.42 Å². The molecule has 0 heterocycles. The van der Waals surface area contributed by atoms with Crippen LogP contribution in [0.4, 0.5) is 4.39 Å². The molecule has 18 heavy (non-hydrogen) atoms. The predicted molar refractivity (Wildman–Crippen MR) is 75.9 cm³/mol. The van der Waals surface area contributed by atoms with Gasteiger partial charge < -0.3 is 5.73 Å². The summed E-state index contributed by atoms with van der Waals surface area (Å²) in [6.07, 6.45) is 0.703. The zero-order valence-electron chi connectivity index (χ0n) is 10.2. The number of hydrogen-bond donors (Lipinski definition) is 1. The summed E-state index contributed by atoms with van der Waals surface area (Å²) in [5, 5.41) is 0. The van der Waals surface area contributed by atoms with E-state index in [0.717, 1.165) is 21.2 Å². The van der Waals surface area contributed by atoms with E-state index in [-0.39, 0.29) is 11.9 Å². The first-order chi connectivity index (χ1) is 8.58. The van der Waals surface area contributed by atoms with Crippen molar-refractivity contribution in [2.24, 2.45) is 5.73 Å². The zero-order valence-corrected chi connectivity index (χ0v) is 11.7. The van der Waals surface area contributed by atoms with Crippen LogP contribution in [0.1, 0.15) is 22.7 Å². The summed E-state index contributed by atoms with van der Waals surface area (Å²) in [4.78, 5) is 0. The minimum atomic E-state index is -0.203. The predicted octanol–water partition coefficient (Wildman–Crippen LogP) is 4.14. The van der Waals surface area contributed by atoms with Crippen molar-refractivity contribution in [2.45, 2.75) is 19.4 Å². The Kier molecular flexibility index (Phi) is 4.15. The Morgan fingerprint density at radius 2 is 1.94 bits per heavy atom. The van der Waals surface area contributed by atoms with Gasteiger partial charge in [0.1, 0.15) is 5.82 Å². The molecule has 3 heteroatoms. The highest BCUT2D eigenvalue weighted by atomic mass is 79.9. The van der Waals surface area contributed by atoms with Crippen molar-refractivity contribution in [1.29, 1.82) is 0 Å². The van der Waals surface area contributed by atoms with Gasteiger partial charge in [0.2, 0.25) is 0 Å². The standard InChI is InChI=1S/C15H15BrFN/c1-10-8-12(17)7-6-11(10)9-15(18)13-4-2-3-5-14(13)16/h2-8,15H,9,18H2,1H3. The largest absolute Gasteiger partial charge is 0.324 e. The lowest BCUT2D eigenvalue weighted by atomic mass is 9.97. The van der Waals surface area contributed by atoms with Crippen molar-refractivity contribution >= 4 is 15.9 Å². The van der Waals surface area contributed by atoms with Crippen molar-refractivity contribution in [1.82, 2.24) is 0 Å². The van der Waals surface area contributed by atoms with E-state index in [1.54, 1.807) is 12.1 Å². The van der Waals surface area contributed by atoms with Crippen LogP contribution in [0.5, 0.6) is 0 Å². The summed E-state index contributed by atoms with van der Waals surface area (Å²) in [5.74, 6) is -0.203. The fourth-order valence-electron chi connectivity index (χ4n) is 2.01. The van der Waals surface area contributed by atoms with Gasteiger partial charge in [-0.2, -0.15) is 0 Å². The molecule has 0 aromatic heterocycles. The Morgan fingerprint density at radius 1 is 1.22 bits per heavy atom. The summed E-state index contributed by atoms with van der Waals surface area (Å²) >= 11 is 3.50. The molecule has 0 aliphatic carbocycles. The summed E-state index contributed by atoms with van der Waals surface area (Å²) in [6.45, 7) is 1.91. The lowest BCUT2D eigenvalue weighted by Crippen LogP contribution is -2.14. The number of rotatable bonds is 3. The van der Waals surface area contributed by atoms with Gasteiger partial charge in [0.25, 0.3) is 0 Å². The molecule has 0 radical (unpaired) electrons. The van der Waals surface area contributed by atoms with Crippen LogP contribution in [0.3, 0.4) is 0 Å². The number of halogens is 2. The fraction of sp³-hybridized carbons (Fsp3) is 0.200. The van der Waals surface area contributed by atoms with Crippen LogP contribution < -0.4 is 5.73 Å². The Balaban J connectivity index is 2.21. The molecule has 0 amide bonds. The third-order valence-electron chi connectivity index (χ3n) is 3.05. The van der Waals surface area contributed by atoms with E-state index in [2.05, 4.69) is 15.9 Å². The van der Waals surface area contributed by atoms with Crippen LogP contribution >= 0.6 is 15.9 Å². The van der Waals surface area contributed by atoms with E-state index in [4.69, 9.17) is 5.73 Å². The maximum atomic E-state index is 13.0. The van der Waals surface area contributed by atoms with Gasteiger partial charge in [0.15, 0.2) is 0 Å². The van der Waals surface area contributed by atoms with E-state index >= 15 is 0 Å². The third kappa shape index (κ3) is 2.98. The normalized spacial score (nSPS) is 12.4. The van der Waals surface area contributed by atoms with E-state index in [0.29, 0.717) is 6.42 Å². The topological polar surface area (TPSA) is 26.0 Å².